The van der Waals surface area contributed by atoms with Crippen molar-refractivity contribution in [3.63, 3.8) is 0 Å². The number of halogens is 1. The zero-order valence-electron chi connectivity index (χ0n) is 8.55. The van der Waals surface area contributed by atoms with Crippen LogP contribution in [0.1, 0.15) is 11.1 Å². The summed E-state index contributed by atoms with van der Waals surface area (Å²) in [6.45, 7) is 2.50. The molecule has 1 aromatic carbocycles. The summed E-state index contributed by atoms with van der Waals surface area (Å²) in [4.78, 5) is 2.96. The van der Waals surface area contributed by atoms with Crippen LogP contribution in [-0.2, 0) is 6.54 Å². The maximum Gasteiger partial charge on any atom is 0.146 e. The van der Waals surface area contributed by atoms with Crippen LogP contribution in [0, 0.1) is 12.7 Å². The fourth-order valence-electron chi connectivity index (χ4n) is 1.43. The number of rotatable bonds is 3. The summed E-state index contributed by atoms with van der Waals surface area (Å²) >= 11 is 0. The lowest BCUT2D eigenvalue weighted by Crippen LogP contribution is -2.00. The lowest BCUT2D eigenvalue weighted by molar-refractivity contribution is 0.629. The minimum Gasteiger partial charge on any atom is -0.379 e. The third-order valence-corrected chi connectivity index (χ3v) is 2.27. The Kier molecular flexibility index (Phi) is 2.72. The van der Waals surface area contributed by atoms with E-state index in [4.69, 9.17) is 0 Å². The van der Waals surface area contributed by atoms with Crippen molar-refractivity contribution in [2.45, 2.75) is 13.5 Å². The molecular formula is C12H13FN2. The molecule has 2 N–H and O–H groups in total. The molecule has 0 spiro atoms. The molecule has 1 heterocycles. The highest BCUT2D eigenvalue weighted by Crippen LogP contribution is 2.16. The third kappa shape index (κ3) is 2.37. The predicted molar refractivity (Wildman–Crippen MR) is 59.3 cm³/mol. The van der Waals surface area contributed by atoms with Gasteiger partial charge in [0.15, 0.2) is 0 Å². The fraction of sp³-hybridized carbons (Fsp3) is 0.167. The zero-order valence-corrected chi connectivity index (χ0v) is 8.55. The maximum absolute atomic E-state index is 13.4. The first-order valence-corrected chi connectivity index (χ1v) is 4.87. The molecule has 0 amide bonds. The summed E-state index contributed by atoms with van der Waals surface area (Å²) in [6, 6.07) is 7.14. The number of hydrogen-bond acceptors (Lipinski definition) is 1. The molecule has 0 fully saturated rings. The Morgan fingerprint density at radius 2 is 2.20 bits per heavy atom. The molecule has 0 bridgehead atoms. The quantitative estimate of drug-likeness (QED) is 0.790. The average Bonchev–Trinajstić information content (AvgIpc) is 2.69. The second-order valence-corrected chi connectivity index (χ2v) is 3.56. The summed E-state index contributed by atoms with van der Waals surface area (Å²) < 4.78 is 13.4. The van der Waals surface area contributed by atoms with Crippen LogP contribution in [0.25, 0.3) is 0 Å². The summed E-state index contributed by atoms with van der Waals surface area (Å²) in [7, 11) is 0. The molecule has 15 heavy (non-hydrogen) atoms. The SMILES string of the molecule is Cc1ccc(NCc2cc[nH]c2)c(F)c1. The van der Waals surface area contributed by atoms with Crippen molar-refractivity contribution >= 4 is 5.69 Å². The smallest absolute Gasteiger partial charge is 0.146 e. The summed E-state index contributed by atoms with van der Waals surface area (Å²) in [5.74, 6) is -0.203. The number of nitrogens with one attached hydrogen (secondary N) is 2. The van der Waals surface area contributed by atoms with Gasteiger partial charge in [-0.25, -0.2) is 4.39 Å². The highest BCUT2D eigenvalue weighted by molar-refractivity contribution is 5.46. The Balaban J connectivity index is 2.05. The van der Waals surface area contributed by atoms with Gasteiger partial charge in [0, 0.05) is 18.9 Å². The molecule has 0 atom stereocenters. The monoisotopic (exact) mass is 204 g/mol. The van der Waals surface area contributed by atoms with Gasteiger partial charge in [-0.2, -0.15) is 0 Å². The van der Waals surface area contributed by atoms with Crippen molar-refractivity contribution in [1.29, 1.82) is 0 Å². The second kappa shape index (κ2) is 4.17. The van der Waals surface area contributed by atoms with Gasteiger partial charge in [0.25, 0.3) is 0 Å². The summed E-state index contributed by atoms with van der Waals surface area (Å²) in [6.07, 6.45) is 3.74. The first-order valence-electron chi connectivity index (χ1n) is 4.87. The van der Waals surface area contributed by atoms with E-state index >= 15 is 0 Å². The molecule has 0 aliphatic rings. The molecule has 0 radical (unpaired) electrons. The highest BCUT2D eigenvalue weighted by atomic mass is 19.1. The Morgan fingerprint density at radius 1 is 1.33 bits per heavy atom. The van der Waals surface area contributed by atoms with Crippen LogP contribution in [0.4, 0.5) is 10.1 Å². The van der Waals surface area contributed by atoms with Crippen LogP contribution >= 0.6 is 0 Å². The normalized spacial score (nSPS) is 10.3. The average molecular weight is 204 g/mol. The van der Waals surface area contributed by atoms with Crippen LogP contribution in [0.2, 0.25) is 0 Å². The number of benzene rings is 1. The molecule has 0 aliphatic carbocycles. The molecular weight excluding hydrogens is 191 g/mol. The van der Waals surface area contributed by atoms with E-state index in [1.165, 1.54) is 6.07 Å². The molecule has 3 heteroatoms. The highest BCUT2D eigenvalue weighted by Gasteiger charge is 2.01. The number of aryl methyl sites for hydroxylation is 1. The minimum absolute atomic E-state index is 0.203. The first-order chi connectivity index (χ1) is 7.25. The topological polar surface area (TPSA) is 27.8 Å². The zero-order chi connectivity index (χ0) is 10.7. The van der Waals surface area contributed by atoms with Crippen molar-refractivity contribution < 1.29 is 4.39 Å². The van der Waals surface area contributed by atoms with Gasteiger partial charge in [0.1, 0.15) is 5.82 Å². The van der Waals surface area contributed by atoms with E-state index in [1.54, 1.807) is 6.07 Å². The van der Waals surface area contributed by atoms with Gasteiger partial charge in [0.2, 0.25) is 0 Å². The first kappa shape index (κ1) is 9.77. The van der Waals surface area contributed by atoms with Crippen LogP contribution in [-0.4, -0.2) is 4.98 Å². The largest absolute Gasteiger partial charge is 0.379 e. The Bertz CT molecular complexity index is 435. The molecule has 78 valence electrons. The van der Waals surface area contributed by atoms with E-state index in [0.29, 0.717) is 12.2 Å². The summed E-state index contributed by atoms with van der Waals surface area (Å²) in [5.41, 5.74) is 2.58. The maximum atomic E-state index is 13.4. The molecule has 0 saturated heterocycles. The van der Waals surface area contributed by atoms with Crippen LogP contribution in [0.3, 0.4) is 0 Å². The van der Waals surface area contributed by atoms with Gasteiger partial charge in [-0.1, -0.05) is 6.07 Å². The van der Waals surface area contributed by atoms with Crippen LogP contribution in [0.5, 0.6) is 0 Å². The molecule has 1 aromatic heterocycles. The number of hydrogen-bond donors (Lipinski definition) is 2. The number of aromatic nitrogens is 1. The molecule has 0 saturated carbocycles. The summed E-state index contributed by atoms with van der Waals surface area (Å²) in [5, 5.41) is 3.05. The van der Waals surface area contributed by atoms with Gasteiger partial charge in [-0.15, -0.1) is 0 Å². The van der Waals surface area contributed by atoms with Crippen molar-refractivity contribution in [2.24, 2.45) is 0 Å². The Morgan fingerprint density at radius 3 is 2.87 bits per heavy atom. The van der Waals surface area contributed by atoms with Gasteiger partial charge < -0.3 is 10.3 Å². The van der Waals surface area contributed by atoms with E-state index in [-0.39, 0.29) is 5.82 Å². The van der Waals surface area contributed by atoms with Crippen molar-refractivity contribution in [3.05, 3.63) is 53.6 Å². The third-order valence-electron chi connectivity index (χ3n) is 2.27. The van der Waals surface area contributed by atoms with E-state index in [2.05, 4.69) is 10.3 Å². The lowest BCUT2D eigenvalue weighted by atomic mass is 10.2. The van der Waals surface area contributed by atoms with E-state index in [0.717, 1.165) is 11.1 Å². The van der Waals surface area contributed by atoms with Crippen LogP contribution in [0.15, 0.2) is 36.7 Å². The van der Waals surface area contributed by atoms with E-state index < -0.39 is 0 Å². The minimum atomic E-state index is -0.203. The van der Waals surface area contributed by atoms with E-state index in [9.17, 15) is 4.39 Å². The van der Waals surface area contributed by atoms with Crippen molar-refractivity contribution in [2.75, 3.05) is 5.32 Å². The van der Waals surface area contributed by atoms with Gasteiger partial charge in [-0.3, -0.25) is 0 Å². The fourth-order valence-corrected chi connectivity index (χ4v) is 1.43. The Labute approximate surface area is 88.1 Å². The van der Waals surface area contributed by atoms with Gasteiger partial charge >= 0.3 is 0 Å². The number of aromatic amines is 1. The lowest BCUT2D eigenvalue weighted by Gasteiger charge is -2.06. The number of anilines is 1. The van der Waals surface area contributed by atoms with Crippen molar-refractivity contribution in [3.8, 4) is 0 Å². The predicted octanol–water partition coefficient (Wildman–Crippen LogP) is 3.07. The second-order valence-electron chi connectivity index (χ2n) is 3.56. The molecule has 2 nitrogen and oxygen atoms in total. The molecule has 0 unspecified atom stereocenters. The standard InChI is InChI=1S/C12H13FN2/c1-9-2-3-12(11(13)6-9)15-8-10-4-5-14-7-10/h2-7,14-15H,8H2,1H3. The van der Waals surface area contributed by atoms with Gasteiger partial charge in [0.05, 0.1) is 5.69 Å². The van der Waals surface area contributed by atoms with E-state index in [1.807, 2.05) is 31.5 Å². The van der Waals surface area contributed by atoms with Crippen molar-refractivity contribution in [1.82, 2.24) is 4.98 Å². The Hall–Kier alpha value is -1.77. The molecule has 2 aromatic rings. The molecule has 0 aliphatic heterocycles. The molecule has 2 rings (SSSR count). The van der Waals surface area contributed by atoms with Gasteiger partial charge in [-0.05, 0) is 36.2 Å². The number of H-pyrrole nitrogens is 1. The van der Waals surface area contributed by atoms with Crippen LogP contribution < -0.4 is 5.32 Å².